The quantitative estimate of drug-likeness (QED) is 0.700. The van der Waals surface area contributed by atoms with Crippen molar-refractivity contribution in [1.29, 1.82) is 0 Å². The second-order valence-corrected chi connectivity index (χ2v) is 6.07. The van der Waals surface area contributed by atoms with Crippen LogP contribution in [-0.4, -0.2) is 29.1 Å². The fourth-order valence-electron chi connectivity index (χ4n) is 3.00. The van der Waals surface area contributed by atoms with Gasteiger partial charge in [-0.1, -0.05) is 13.3 Å². The van der Waals surface area contributed by atoms with Gasteiger partial charge >= 0.3 is 0 Å². The Balaban J connectivity index is 2.02. The van der Waals surface area contributed by atoms with Crippen LogP contribution in [0.1, 0.15) is 37.4 Å². The monoisotopic (exact) mass is 320 g/mol. The number of amides is 1. The summed E-state index contributed by atoms with van der Waals surface area (Å²) in [4.78, 5) is 15.4. The minimum atomic E-state index is -0.302. The molecule has 2 rings (SSSR count). The molecule has 4 nitrogen and oxygen atoms in total. The number of aliphatic hydroxyl groups excluding tert-OH is 1. The minimum Gasteiger partial charge on any atom is -0.396 e. The van der Waals surface area contributed by atoms with Gasteiger partial charge in [0.05, 0.1) is 6.42 Å². The van der Waals surface area contributed by atoms with Crippen LogP contribution in [-0.2, 0) is 11.2 Å². The van der Waals surface area contributed by atoms with E-state index >= 15 is 0 Å². The fourth-order valence-corrected chi connectivity index (χ4v) is 3.00. The molecule has 0 fully saturated rings. The molecule has 1 amide bonds. The SMILES string of the molecule is CCCC(CCO)CNC(=O)Cc1c(C)[nH]c2ccc(F)cc12. The molecule has 23 heavy (non-hydrogen) atoms. The third-order valence-electron chi connectivity index (χ3n) is 4.24. The van der Waals surface area contributed by atoms with E-state index in [1.54, 1.807) is 6.07 Å². The number of carbonyl (C=O) groups excluding carboxylic acids is 1. The zero-order chi connectivity index (χ0) is 16.8. The third-order valence-corrected chi connectivity index (χ3v) is 4.24. The first-order valence-electron chi connectivity index (χ1n) is 8.19. The lowest BCUT2D eigenvalue weighted by molar-refractivity contribution is -0.120. The summed E-state index contributed by atoms with van der Waals surface area (Å²) < 4.78 is 13.4. The molecule has 1 aromatic carbocycles. The number of benzene rings is 1. The standard InChI is InChI=1S/C18H25FN2O2/c1-3-4-13(7-8-22)11-20-18(23)10-15-12(2)21-17-6-5-14(19)9-16(15)17/h5-6,9,13,21-22H,3-4,7-8,10-11H2,1-2H3,(H,20,23). The topological polar surface area (TPSA) is 65.1 Å². The van der Waals surface area contributed by atoms with Crippen molar-refractivity contribution < 1.29 is 14.3 Å². The first-order valence-corrected chi connectivity index (χ1v) is 8.19. The first-order chi connectivity index (χ1) is 11.0. The lowest BCUT2D eigenvalue weighted by Crippen LogP contribution is -2.31. The second kappa shape index (κ2) is 8.11. The van der Waals surface area contributed by atoms with Crippen molar-refractivity contribution in [2.45, 2.75) is 39.5 Å². The van der Waals surface area contributed by atoms with Gasteiger partial charge in [0.1, 0.15) is 5.82 Å². The Kier molecular flexibility index (Phi) is 6.16. The summed E-state index contributed by atoms with van der Waals surface area (Å²) in [5.41, 5.74) is 2.57. The average molecular weight is 320 g/mol. The Hall–Kier alpha value is -1.88. The Labute approximate surface area is 136 Å². The Morgan fingerprint density at radius 1 is 1.39 bits per heavy atom. The number of aryl methyl sites for hydroxylation is 1. The number of aliphatic hydroxyl groups is 1. The van der Waals surface area contributed by atoms with Gasteiger partial charge in [0.25, 0.3) is 0 Å². The number of hydrogen-bond acceptors (Lipinski definition) is 2. The van der Waals surface area contributed by atoms with Crippen LogP contribution in [0.2, 0.25) is 0 Å². The molecule has 1 unspecified atom stereocenters. The molecule has 3 N–H and O–H groups in total. The highest BCUT2D eigenvalue weighted by Crippen LogP contribution is 2.23. The third kappa shape index (κ3) is 4.55. The Morgan fingerprint density at radius 3 is 2.87 bits per heavy atom. The van der Waals surface area contributed by atoms with E-state index in [1.165, 1.54) is 12.1 Å². The van der Waals surface area contributed by atoms with E-state index in [4.69, 9.17) is 5.11 Å². The summed E-state index contributed by atoms with van der Waals surface area (Å²) in [6, 6.07) is 4.57. The van der Waals surface area contributed by atoms with E-state index in [1.807, 2.05) is 6.92 Å². The van der Waals surface area contributed by atoms with Crippen LogP contribution in [0.15, 0.2) is 18.2 Å². The Bertz CT molecular complexity index is 660. The molecule has 0 bridgehead atoms. The number of halogens is 1. The zero-order valence-corrected chi connectivity index (χ0v) is 13.8. The predicted molar refractivity (Wildman–Crippen MR) is 89.8 cm³/mol. The predicted octanol–water partition coefficient (Wildman–Crippen LogP) is 3.07. The molecule has 1 heterocycles. The molecule has 0 aliphatic rings. The lowest BCUT2D eigenvalue weighted by Gasteiger charge is -2.15. The van der Waals surface area contributed by atoms with Crippen molar-refractivity contribution in [2.75, 3.05) is 13.2 Å². The second-order valence-electron chi connectivity index (χ2n) is 6.07. The number of H-pyrrole nitrogens is 1. The molecular formula is C18H25FN2O2. The van der Waals surface area contributed by atoms with Crippen LogP contribution in [0.25, 0.3) is 10.9 Å². The molecule has 126 valence electrons. The maximum Gasteiger partial charge on any atom is 0.224 e. The number of aromatic nitrogens is 1. The number of nitrogens with one attached hydrogen (secondary N) is 2. The molecule has 0 spiro atoms. The molecule has 5 heteroatoms. The smallest absolute Gasteiger partial charge is 0.224 e. The lowest BCUT2D eigenvalue weighted by atomic mass is 10.00. The molecule has 0 aliphatic carbocycles. The number of fused-ring (bicyclic) bond motifs is 1. The maximum atomic E-state index is 13.4. The fraction of sp³-hybridized carbons (Fsp3) is 0.500. The summed E-state index contributed by atoms with van der Waals surface area (Å²) in [7, 11) is 0. The van der Waals surface area contributed by atoms with E-state index in [0.29, 0.717) is 18.9 Å². The van der Waals surface area contributed by atoms with Gasteiger partial charge in [-0.2, -0.15) is 0 Å². The highest BCUT2D eigenvalue weighted by atomic mass is 19.1. The van der Waals surface area contributed by atoms with E-state index in [-0.39, 0.29) is 24.8 Å². The van der Waals surface area contributed by atoms with Crippen LogP contribution in [0, 0.1) is 18.7 Å². The summed E-state index contributed by atoms with van der Waals surface area (Å²) >= 11 is 0. The van der Waals surface area contributed by atoms with Crippen molar-refractivity contribution in [2.24, 2.45) is 5.92 Å². The van der Waals surface area contributed by atoms with Gasteiger partial charge in [-0.15, -0.1) is 0 Å². The normalized spacial score (nSPS) is 12.5. The number of carbonyl (C=O) groups is 1. The van der Waals surface area contributed by atoms with E-state index < -0.39 is 0 Å². The van der Waals surface area contributed by atoms with Gasteiger partial charge in [-0.05, 0) is 49.4 Å². The minimum absolute atomic E-state index is 0.0719. The van der Waals surface area contributed by atoms with Crippen molar-refractivity contribution >= 4 is 16.8 Å². The van der Waals surface area contributed by atoms with E-state index in [9.17, 15) is 9.18 Å². The molecular weight excluding hydrogens is 295 g/mol. The molecule has 2 aromatic rings. The maximum absolute atomic E-state index is 13.4. The Morgan fingerprint density at radius 2 is 2.17 bits per heavy atom. The first kappa shape index (κ1) is 17.5. The summed E-state index contributed by atoms with van der Waals surface area (Å²) in [6.07, 6.45) is 2.94. The summed E-state index contributed by atoms with van der Waals surface area (Å²) in [6.45, 7) is 4.70. The van der Waals surface area contributed by atoms with Crippen LogP contribution in [0.5, 0.6) is 0 Å². The van der Waals surface area contributed by atoms with Crippen molar-refractivity contribution in [3.63, 3.8) is 0 Å². The largest absolute Gasteiger partial charge is 0.396 e. The molecule has 1 aromatic heterocycles. The molecule has 0 radical (unpaired) electrons. The van der Waals surface area contributed by atoms with Gasteiger partial charge in [0, 0.05) is 29.7 Å². The van der Waals surface area contributed by atoms with Crippen LogP contribution < -0.4 is 5.32 Å². The number of rotatable bonds is 8. The van der Waals surface area contributed by atoms with Gasteiger partial charge in [-0.3, -0.25) is 4.79 Å². The molecule has 0 aliphatic heterocycles. The molecule has 0 saturated carbocycles. The van der Waals surface area contributed by atoms with Crippen molar-refractivity contribution in [1.82, 2.24) is 10.3 Å². The highest BCUT2D eigenvalue weighted by molar-refractivity contribution is 5.90. The van der Waals surface area contributed by atoms with Crippen LogP contribution in [0.4, 0.5) is 4.39 Å². The number of aromatic amines is 1. The van der Waals surface area contributed by atoms with Crippen molar-refractivity contribution in [3.05, 3.63) is 35.3 Å². The number of hydrogen-bond donors (Lipinski definition) is 3. The van der Waals surface area contributed by atoms with Gasteiger partial charge < -0.3 is 15.4 Å². The van der Waals surface area contributed by atoms with Crippen LogP contribution in [0.3, 0.4) is 0 Å². The molecule has 1 atom stereocenters. The highest BCUT2D eigenvalue weighted by Gasteiger charge is 2.14. The summed E-state index contributed by atoms with van der Waals surface area (Å²) in [5, 5.41) is 12.8. The zero-order valence-electron chi connectivity index (χ0n) is 13.8. The van der Waals surface area contributed by atoms with Crippen LogP contribution >= 0.6 is 0 Å². The van der Waals surface area contributed by atoms with E-state index in [2.05, 4.69) is 17.2 Å². The van der Waals surface area contributed by atoms with Gasteiger partial charge in [0.15, 0.2) is 0 Å². The summed E-state index contributed by atoms with van der Waals surface area (Å²) in [5.74, 6) is -0.0723. The van der Waals surface area contributed by atoms with Gasteiger partial charge in [0.2, 0.25) is 5.91 Å². The van der Waals surface area contributed by atoms with Crippen molar-refractivity contribution in [3.8, 4) is 0 Å². The van der Waals surface area contributed by atoms with Gasteiger partial charge in [-0.25, -0.2) is 4.39 Å². The molecule has 0 saturated heterocycles. The van der Waals surface area contributed by atoms with E-state index in [0.717, 1.165) is 35.0 Å². The average Bonchev–Trinajstić information content (AvgIpc) is 2.81.